The van der Waals surface area contributed by atoms with E-state index in [4.69, 9.17) is 4.84 Å². The van der Waals surface area contributed by atoms with E-state index in [-0.39, 0.29) is 12.4 Å². The van der Waals surface area contributed by atoms with Gasteiger partial charge in [0.05, 0.1) is 6.67 Å². The number of likely N-dealkylation sites (N-methyl/N-ethyl adjacent to an activating group) is 2. The van der Waals surface area contributed by atoms with E-state index in [0.29, 0.717) is 0 Å². The van der Waals surface area contributed by atoms with Gasteiger partial charge >= 0.3 is 0 Å². The lowest BCUT2D eigenvalue weighted by Gasteiger charge is -2.06. The van der Waals surface area contributed by atoms with E-state index in [2.05, 4.69) is 34.2 Å². The van der Waals surface area contributed by atoms with Gasteiger partial charge in [-0.15, -0.1) is 5.10 Å². The number of hydrogen-bond donors (Lipinski definition) is 0. The molecule has 6 nitrogen and oxygen atoms in total. The molecule has 0 N–H and O–H groups in total. The highest BCUT2D eigenvalue weighted by Gasteiger charge is 2.09. The first-order valence-electron chi connectivity index (χ1n) is 5.92. The number of aromatic nitrogens is 3. The highest BCUT2D eigenvalue weighted by molar-refractivity contribution is 5.73. The summed E-state index contributed by atoms with van der Waals surface area (Å²) in [6, 6.07) is 7.62. The van der Waals surface area contributed by atoms with Gasteiger partial charge in [-0.25, -0.2) is 0 Å². The minimum Gasteiger partial charge on any atom is -1.00 e. The van der Waals surface area contributed by atoms with Gasteiger partial charge in [0.25, 0.3) is 0 Å². The second-order valence-electron chi connectivity index (χ2n) is 4.43. The number of rotatable bonds is 1. The molecule has 0 atom stereocenters. The molecule has 1 aromatic heterocycles. The number of benzene rings is 1. The molecule has 0 bridgehead atoms. The fraction of sp³-hybridized carbons (Fsp3) is 0.500. The normalized spacial score (nSPS) is 15.7. The van der Waals surface area contributed by atoms with Crippen LogP contribution < -0.4 is 17.2 Å². The van der Waals surface area contributed by atoms with Crippen molar-refractivity contribution in [3.63, 3.8) is 0 Å². The Kier molecular flexibility index (Phi) is 6.01. The average molecular weight is 285 g/mol. The second kappa shape index (κ2) is 7.28. The van der Waals surface area contributed by atoms with Crippen molar-refractivity contribution in [2.45, 2.75) is 0 Å². The van der Waals surface area contributed by atoms with Crippen molar-refractivity contribution in [3.8, 4) is 0 Å². The molecule has 0 unspecified atom stereocenters. The maximum Gasteiger partial charge on any atom is 0.130 e. The molecule has 2 aromatic rings. The Morgan fingerprint density at radius 1 is 1.11 bits per heavy atom. The monoisotopic (exact) mass is 284 g/mol. The maximum atomic E-state index is 4.91. The van der Waals surface area contributed by atoms with E-state index in [0.717, 1.165) is 17.7 Å². The third kappa shape index (κ3) is 4.05. The van der Waals surface area contributed by atoms with Gasteiger partial charge in [0.15, 0.2) is 0 Å². The van der Waals surface area contributed by atoms with Crippen LogP contribution in [0.2, 0.25) is 0 Å². The van der Waals surface area contributed by atoms with E-state index in [1.54, 1.807) is 7.11 Å². The molecular formula is C12H19ClN5O-. The van der Waals surface area contributed by atoms with Crippen LogP contribution >= 0.6 is 0 Å². The smallest absolute Gasteiger partial charge is 0.130 e. The topological polar surface area (TPSA) is 46.4 Å². The van der Waals surface area contributed by atoms with Gasteiger partial charge in [0.1, 0.15) is 18.1 Å². The van der Waals surface area contributed by atoms with Crippen molar-refractivity contribution in [2.24, 2.45) is 0 Å². The summed E-state index contributed by atoms with van der Waals surface area (Å²) in [5.41, 5.74) is 1.73. The van der Waals surface area contributed by atoms with Crippen molar-refractivity contribution in [2.75, 3.05) is 41.0 Å². The van der Waals surface area contributed by atoms with Crippen LogP contribution in [0, 0.1) is 0 Å². The molecule has 2 heterocycles. The zero-order valence-electron chi connectivity index (χ0n) is 11.5. The first-order valence-corrected chi connectivity index (χ1v) is 5.92. The minimum absolute atomic E-state index is 0. The summed E-state index contributed by atoms with van der Waals surface area (Å²) in [6.45, 7) is 3.60. The highest BCUT2D eigenvalue weighted by Crippen LogP contribution is 2.07. The first-order chi connectivity index (χ1) is 8.70. The molecule has 0 aliphatic carbocycles. The van der Waals surface area contributed by atoms with Crippen molar-refractivity contribution in [1.29, 1.82) is 0 Å². The third-order valence-corrected chi connectivity index (χ3v) is 2.84. The van der Waals surface area contributed by atoms with Gasteiger partial charge in [-0.2, -0.15) is 0 Å². The highest BCUT2D eigenvalue weighted by atomic mass is 35.5. The Labute approximate surface area is 119 Å². The zero-order valence-corrected chi connectivity index (χ0v) is 12.2. The number of fused-ring (bicyclic) bond motifs is 1. The van der Waals surface area contributed by atoms with Crippen LogP contribution in [0.25, 0.3) is 11.0 Å². The lowest BCUT2D eigenvalue weighted by atomic mass is 10.3. The molecule has 106 valence electrons. The molecule has 19 heavy (non-hydrogen) atoms. The molecule has 3 rings (SSSR count). The second-order valence-corrected chi connectivity index (χ2v) is 4.43. The predicted molar refractivity (Wildman–Crippen MR) is 70.2 cm³/mol. The molecule has 1 saturated heterocycles. The quantitative estimate of drug-likeness (QED) is 0.571. The van der Waals surface area contributed by atoms with E-state index in [1.165, 1.54) is 17.9 Å². The Balaban J connectivity index is 0.000000198. The lowest BCUT2D eigenvalue weighted by Crippen LogP contribution is -3.00. The van der Waals surface area contributed by atoms with Gasteiger partial charge in [0, 0.05) is 13.1 Å². The minimum atomic E-state index is 0. The zero-order chi connectivity index (χ0) is 13.0. The molecule has 1 aliphatic heterocycles. The first kappa shape index (κ1) is 15.7. The molecule has 0 radical (unpaired) electrons. The Morgan fingerprint density at radius 2 is 1.74 bits per heavy atom. The predicted octanol–water partition coefficient (Wildman–Crippen LogP) is -2.69. The summed E-state index contributed by atoms with van der Waals surface area (Å²) < 4.78 is 0. The van der Waals surface area contributed by atoms with Crippen molar-refractivity contribution < 1.29 is 17.2 Å². The van der Waals surface area contributed by atoms with Crippen LogP contribution in [0.5, 0.6) is 0 Å². The summed E-state index contributed by atoms with van der Waals surface area (Å²) in [4.78, 5) is 10.9. The van der Waals surface area contributed by atoms with Gasteiger partial charge in [-0.1, -0.05) is 17.0 Å². The SMILES string of the molecule is CN1CCN(C)C1.COn1nnc2ccccc21.[Cl-]. The molecule has 1 fully saturated rings. The maximum absolute atomic E-state index is 4.91. The van der Waals surface area contributed by atoms with Gasteiger partial charge in [0.2, 0.25) is 0 Å². The molecule has 0 spiro atoms. The van der Waals surface area contributed by atoms with Crippen molar-refractivity contribution >= 4 is 11.0 Å². The van der Waals surface area contributed by atoms with E-state index < -0.39 is 0 Å². The van der Waals surface area contributed by atoms with Gasteiger partial charge in [-0.3, -0.25) is 9.80 Å². The molecule has 0 amide bonds. The van der Waals surface area contributed by atoms with E-state index >= 15 is 0 Å². The van der Waals surface area contributed by atoms with Crippen molar-refractivity contribution in [1.82, 2.24) is 25.0 Å². The Hall–Kier alpha value is -1.37. The van der Waals surface area contributed by atoms with Crippen LogP contribution in [-0.2, 0) is 0 Å². The Morgan fingerprint density at radius 3 is 2.26 bits per heavy atom. The van der Waals surface area contributed by atoms with Gasteiger partial charge in [-0.05, 0) is 31.4 Å². The standard InChI is InChI=1S/C7H7N3O.C5H12N2.ClH/c1-11-10-7-5-3-2-4-6(7)8-9-10;1-6-3-4-7(2)5-6;/h2-5H,1H3;3-5H2,1-2H3;1H/p-1. The number of nitrogens with zero attached hydrogens (tertiary/aromatic N) is 5. The van der Waals surface area contributed by atoms with Crippen LogP contribution in [-0.4, -0.2) is 65.9 Å². The summed E-state index contributed by atoms with van der Waals surface area (Å²) in [5.74, 6) is 0. The third-order valence-electron chi connectivity index (χ3n) is 2.84. The fourth-order valence-corrected chi connectivity index (χ4v) is 1.88. The summed E-state index contributed by atoms with van der Waals surface area (Å²) in [7, 11) is 5.84. The van der Waals surface area contributed by atoms with Gasteiger partial charge < -0.3 is 17.2 Å². The molecule has 7 heteroatoms. The summed E-state index contributed by atoms with van der Waals surface area (Å²) in [5, 5.41) is 7.64. The van der Waals surface area contributed by atoms with E-state index in [9.17, 15) is 0 Å². The molecule has 1 aliphatic rings. The summed E-state index contributed by atoms with van der Waals surface area (Å²) in [6.07, 6.45) is 0. The molecule has 1 aromatic carbocycles. The number of halogens is 1. The lowest BCUT2D eigenvalue weighted by molar-refractivity contribution is -0.00000429. The van der Waals surface area contributed by atoms with E-state index in [1.807, 2.05) is 24.3 Å². The number of para-hydroxylation sites is 1. The summed E-state index contributed by atoms with van der Waals surface area (Å²) >= 11 is 0. The fourth-order valence-electron chi connectivity index (χ4n) is 1.88. The number of hydrogen-bond acceptors (Lipinski definition) is 5. The largest absolute Gasteiger partial charge is 1.00 e. The van der Waals surface area contributed by atoms with Crippen LogP contribution in [0.1, 0.15) is 0 Å². The van der Waals surface area contributed by atoms with Crippen LogP contribution in [0.3, 0.4) is 0 Å². The molecule has 0 saturated carbocycles. The average Bonchev–Trinajstić information content (AvgIpc) is 2.96. The van der Waals surface area contributed by atoms with Crippen molar-refractivity contribution in [3.05, 3.63) is 24.3 Å². The Bertz CT molecular complexity index is 496. The van der Waals surface area contributed by atoms with Crippen LogP contribution in [0.15, 0.2) is 24.3 Å². The van der Waals surface area contributed by atoms with Crippen LogP contribution in [0.4, 0.5) is 0 Å². The molecular weight excluding hydrogens is 266 g/mol.